The fraction of sp³-hybridized carbons (Fsp3) is 0.312. The highest BCUT2D eigenvalue weighted by molar-refractivity contribution is 5.84. The van der Waals surface area contributed by atoms with Crippen LogP contribution in [0.25, 0.3) is 11.2 Å². The molecule has 0 amide bonds. The van der Waals surface area contributed by atoms with Gasteiger partial charge in [0, 0.05) is 31.9 Å². The van der Waals surface area contributed by atoms with E-state index in [1.54, 1.807) is 10.9 Å². The molecule has 2 heterocycles. The zero-order valence-corrected chi connectivity index (χ0v) is 14.1. The third-order valence-electron chi connectivity index (χ3n) is 3.69. The first kappa shape index (κ1) is 16.9. The molecule has 0 aliphatic carbocycles. The highest BCUT2D eigenvalue weighted by Gasteiger charge is 2.13. The molecule has 6 N–H and O–H groups in total. The maximum Gasteiger partial charge on any atom is 0.226 e. The van der Waals surface area contributed by atoms with Crippen molar-refractivity contribution in [3.05, 3.63) is 35.9 Å². The van der Waals surface area contributed by atoms with Crippen LogP contribution in [0.15, 0.2) is 24.5 Å². The lowest BCUT2D eigenvalue weighted by Gasteiger charge is -2.12. The number of aryl methyl sites for hydroxylation is 1. The van der Waals surface area contributed by atoms with E-state index in [9.17, 15) is 4.39 Å². The van der Waals surface area contributed by atoms with E-state index in [1.807, 2.05) is 14.0 Å². The predicted molar refractivity (Wildman–Crippen MR) is 96.6 cm³/mol. The summed E-state index contributed by atoms with van der Waals surface area (Å²) in [5.41, 5.74) is 14.1. The first-order chi connectivity index (χ1) is 11.9. The number of fused-ring (bicyclic) bond motifs is 1. The van der Waals surface area contributed by atoms with Crippen LogP contribution in [-0.2, 0) is 13.6 Å². The molecule has 1 unspecified atom stereocenters. The first-order valence-corrected chi connectivity index (χ1v) is 7.90. The van der Waals surface area contributed by atoms with Crippen LogP contribution in [0.5, 0.6) is 0 Å². The molecular weight excluding hydrogens is 323 g/mol. The summed E-state index contributed by atoms with van der Waals surface area (Å²) in [4.78, 5) is 13.2. The maximum absolute atomic E-state index is 13.4. The normalized spacial score (nSPS) is 12.3. The monoisotopic (exact) mass is 344 g/mol. The molecule has 132 valence electrons. The van der Waals surface area contributed by atoms with Crippen molar-refractivity contribution < 1.29 is 4.39 Å². The second-order valence-electron chi connectivity index (χ2n) is 5.98. The fourth-order valence-electron chi connectivity index (χ4n) is 2.37. The number of benzene rings is 1. The standard InChI is InChI=1S/C16H21FN8/c1-9(18)6-21-16-23-14(13-15(24-16)25(2)8-22-13)20-7-10-5-11(17)3-4-12(10)19/h3-5,8-9H,6-7,18-19H2,1-2H3,(H2,20,21,23,24). The minimum atomic E-state index is -0.337. The van der Waals surface area contributed by atoms with Gasteiger partial charge in [-0.2, -0.15) is 9.97 Å². The minimum absolute atomic E-state index is 0.0330. The first-order valence-electron chi connectivity index (χ1n) is 7.90. The van der Waals surface area contributed by atoms with E-state index in [-0.39, 0.29) is 11.9 Å². The predicted octanol–water partition coefficient (Wildman–Crippen LogP) is 1.46. The summed E-state index contributed by atoms with van der Waals surface area (Å²) in [6, 6.07) is 4.23. The Balaban J connectivity index is 1.89. The van der Waals surface area contributed by atoms with Crippen LogP contribution in [-0.4, -0.2) is 32.1 Å². The summed E-state index contributed by atoms with van der Waals surface area (Å²) in [6.45, 7) is 2.75. The number of aromatic nitrogens is 4. The molecule has 0 saturated heterocycles. The summed E-state index contributed by atoms with van der Waals surface area (Å²) in [7, 11) is 1.85. The molecule has 0 bridgehead atoms. The van der Waals surface area contributed by atoms with Gasteiger partial charge < -0.3 is 26.7 Å². The second kappa shape index (κ2) is 6.89. The van der Waals surface area contributed by atoms with Gasteiger partial charge in [0.25, 0.3) is 0 Å². The van der Waals surface area contributed by atoms with E-state index < -0.39 is 0 Å². The van der Waals surface area contributed by atoms with Crippen molar-refractivity contribution in [2.45, 2.75) is 19.5 Å². The smallest absolute Gasteiger partial charge is 0.226 e. The van der Waals surface area contributed by atoms with Crippen molar-refractivity contribution in [2.75, 3.05) is 22.9 Å². The van der Waals surface area contributed by atoms with E-state index in [0.29, 0.717) is 47.3 Å². The van der Waals surface area contributed by atoms with Crippen molar-refractivity contribution in [2.24, 2.45) is 12.8 Å². The molecule has 2 aromatic heterocycles. The lowest BCUT2D eigenvalue weighted by atomic mass is 10.2. The number of nitrogen functional groups attached to an aromatic ring is 1. The highest BCUT2D eigenvalue weighted by atomic mass is 19.1. The van der Waals surface area contributed by atoms with Crippen molar-refractivity contribution in [3.63, 3.8) is 0 Å². The molecule has 3 rings (SSSR count). The fourth-order valence-corrected chi connectivity index (χ4v) is 2.37. The van der Waals surface area contributed by atoms with Crippen LogP contribution >= 0.6 is 0 Å². The summed E-state index contributed by atoms with van der Waals surface area (Å²) in [6.07, 6.45) is 1.66. The molecule has 0 saturated carbocycles. The number of nitrogens with one attached hydrogen (secondary N) is 2. The molecule has 1 atom stereocenters. The molecule has 0 spiro atoms. The van der Waals surface area contributed by atoms with Crippen LogP contribution in [0.3, 0.4) is 0 Å². The van der Waals surface area contributed by atoms with Gasteiger partial charge in [0.2, 0.25) is 5.95 Å². The molecule has 8 nitrogen and oxygen atoms in total. The molecule has 1 aromatic carbocycles. The topological polar surface area (TPSA) is 120 Å². The quantitative estimate of drug-likeness (QED) is 0.500. The number of nitrogens with two attached hydrogens (primary N) is 2. The van der Waals surface area contributed by atoms with Crippen LogP contribution in [0, 0.1) is 5.82 Å². The lowest BCUT2D eigenvalue weighted by molar-refractivity contribution is 0.626. The number of halogens is 1. The number of rotatable bonds is 6. The lowest BCUT2D eigenvalue weighted by Crippen LogP contribution is -2.26. The summed E-state index contributed by atoms with van der Waals surface area (Å²) >= 11 is 0. The summed E-state index contributed by atoms with van der Waals surface area (Å²) in [5, 5.41) is 6.27. The molecule has 9 heteroatoms. The molecule has 0 fully saturated rings. The Kier molecular flexibility index (Phi) is 4.66. The van der Waals surface area contributed by atoms with Gasteiger partial charge in [0.15, 0.2) is 17.0 Å². The minimum Gasteiger partial charge on any atom is -0.398 e. The van der Waals surface area contributed by atoms with Gasteiger partial charge in [-0.1, -0.05) is 0 Å². The van der Waals surface area contributed by atoms with Crippen LogP contribution in [0.2, 0.25) is 0 Å². The van der Waals surface area contributed by atoms with E-state index >= 15 is 0 Å². The van der Waals surface area contributed by atoms with Crippen molar-refractivity contribution in [1.29, 1.82) is 0 Å². The second-order valence-corrected chi connectivity index (χ2v) is 5.98. The molecular formula is C16H21FN8. The van der Waals surface area contributed by atoms with Crippen LogP contribution < -0.4 is 22.1 Å². The maximum atomic E-state index is 13.4. The van der Waals surface area contributed by atoms with E-state index in [1.165, 1.54) is 18.2 Å². The average molecular weight is 344 g/mol. The molecule has 0 aliphatic rings. The Morgan fingerprint density at radius 3 is 2.84 bits per heavy atom. The third-order valence-corrected chi connectivity index (χ3v) is 3.69. The summed E-state index contributed by atoms with van der Waals surface area (Å²) in [5.74, 6) is 0.653. The molecule has 25 heavy (non-hydrogen) atoms. The Morgan fingerprint density at radius 1 is 1.28 bits per heavy atom. The Labute approximate surface area is 144 Å². The van der Waals surface area contributed by atoms with Gasteiger partial charge in [-0.25, -0.2) is 9.37 Å². The average Bonchev–Trinajstić information content (AvgIpc) is 2.95. The van der Waals surface area contributed by atoms with Gasteiger partial charge in [0.05, 0.1) is 6.33 Å². The van der Waals surface area contributed by atoms with E-state index in [0.717, 1.165) is 0 Å². The zero-order valence-electron chi connectivity index (χ0n) is 14.1. The SMILES string of the molecule is CC(N)CNc1nc(NCc2cc(F)ccc2N)c2ncn(C)c2n1. The number of hydrogen-bond donors (Lipinski definition) is 4. The molecule has 0 aliphatic heterocycles. The Morgan fingerprint density at radius 2 is 2.08 bits per heavy atom. The van der Waals surface area contributed by atoms with Gasteiger partial charge in [0.1, 0.15) is 5.82 Å². The van der Waals surface area contributed by atoms with Crippen molar-refractivity contribution in [3.8, 4) is 0 Å². The largest absolute Gasteiger partial charge is 0.398 e. The Bertz CT molecular complexity index is 889. The number of anilines is 3. The van der Waals surface area contributed by atoms with Crippen molar-refractivity contribution in [1.82, 2.24) is 19.5 Å². The Hall–Kier alpha value is -2.94. The number of hydrogen-bond acceptors (Lipinski definition) is 7. The van der Waals surface area contributed by atoms with Gasteiger partial charge >= 0.3 is 0 Å². The van der Waals surface area contributed by atoms with E-state index in [2.05, 4.69) is 25.6 Å². The number of nitrogens with zero attached hydrogens (tertiary/aromatic N) is 4. The van der Waals surface area contributed by atoms with Gasteiger partial charge in [-0.3, -0.25) is 0 Å². The molecule has 0 radical (unpaired) electrons. The van der Waals surface area contributed by atoms with Gasteiger partial charge in [-0.05, 0) is 30.7 Å². The molecule has 3 aromatic rings. The van der Waals surface area contributed by atoms with Crippen molar-refractivity contribution >= 4 is 28.6 Å². The van der Waals surface area contributed by atoms with Crippen LogP contribution in [0.4, 0.5) is 21.8 Å². The van der Waals surface area contributed by atoms with E-state index in [4.69, 9.17) is 11.5 Å². The highest BCUT2D eigenvalue weighted by Crippen LogP contribution is 2.22. The zero-order chi connectivity index (χ0) is 18.0. The number of imidazole rings is 1. The third kappa shape index (κ3) is 3.77. The van der Waals surface area contributed by atoms with Crippen LogP contribution in [0.1, 0.15) is 12.5 Å². The summed E-state index contributed by atoms with van der Waals surface area (Å²) < 4.78 is 15.2. The van der Waals surface area contributed by atoms with Gasteiger partial charge in [-0.15, -0.1) is 0 Å².